The molecule has 0 N–H and O–H groups in total. The summed E-state index contributed by atoms with van der Waals surface area (Å²) in [7, 11) is 0. The first kappa shape index (κ1) is 17.2. The molecule has 0 saturated heterocycles. The number of nitro groups is 1. The van der Waals surface area contributed by atoms with Crippen molar-refractivity contribution < 1.29 is 18.5 Å². The maximum Gasteiger partial charge on any atom is 0.272 e. The van der Waals surface area contributed by atoms with E-state index in [0.29, 0.717) is 17.7 Å². The zero-order valence-electron chi connectivity index (χ0n) is 13.7. The molecule has 3 rings (SSSR count). The Balaban J connectivity index is 1.77. The molecule has 0 atom stereocenters. The summed E-state index contributed by atoms with van der Waals surface area (Å²) in [5.74, 6) is -1.18. The molecule has 0 spiro atoms. The van der Waals surface area contributed by atoms with Crippen LogP contribution in [0.3, 0.4) is 0 Å². The van der Waals surface area contributed by atoms with Gasteiger partial charge in [-0.1, -0.05) is 17.7 Å². The summed E-state index contributed by atoms with van der Waals surface area (Å²) < 4.78 is 19.2. The normalized spacial score (nSPS) is 11.0. The van der Waals surface area contributed by atoms with Gasteiger partial charge in [0, 0.05) is 11.6 Å². The fourth-order valence-electron chi connectivity index (χ4n) is 2.26. The van der Waals surface area contributed by atoms with Crippen LogP contribution in [-0.4, -0.2) is 15.7 Å². The fourth-order valence-corrected chi connectivity index (χ4v) is 2.26. The van der Waals surface area contributed by atoms with E-state index in [1.165, 1.54) is 12.3 Å². The number of hydrogen-bond donors (Lipinski definition) is 0. The molecular weight excluding hydrogens is 339 g/mol. The van der Waals surface area contributed by atoms with Crippen LogP contribution >= 0.6 is 0 Å². The second kappa shape index (κ2) is 7.10. The molecule has 0 radical (unpaired) electrons. The molecule has 0 fully saturated rings. The maximum absolute atomic E-state index is 13.9. The highest BCUT2D eigenvalue weighted by molar-refractivity contribution is 6.07. The number of aryl methyl sites for hydroxylation is 1. The minimum atomic E-state index is -0.950. The average Bonchev–Trinajstić information content (AvgIpc) is 3.09. The van der Waals surface area contributed by atoms with E-state index in [2.05, 4.69) is 4.98 Å². The summed E-state index contributed by atoms with van der Waals surface area (Å²) in [6, 6.07) is 10.5. The SMILES string of the molecule is Cc1ccc(-c2nc(/C=C/C(=O)c3ccc([N+](=O)[O-])cc3F)co2)cc1. The first-order valence-corrected chi connectivity index (χ1v) is 7.63. The van der Waals surface area contributed by atoms with Gasteiger partial charge < -0.3 is 4.42 Å². The lowest BCUT2D eigenvalue weighted by atomic mass is 10.1. The van der Waals surface area contributed by atoms with Gasteiger partial charge in [-0.25, -0.2) is 9.37 Å². The highest BCUT2D eigenvalue weighted by Gasteiger charge is 2.14. The Morgan fingerprint density at radius 1 is 1.23 bits per heavy atom. The number of hydrogen-bond acceptors (Lipinski definition) is 5. The average molecular weight is 352 g/mol. The highest BCUT2D eigenvalue weighted by atomic mass is 19.1. The smallest absolute Gasteiger partial charge is 0.272 e. The zero-order chi connectivity index (χ0) is 18.7. The molecule has 0 saturated carbocycles. The van der Waals surface area contributed by atoms with Crippen molar-refractivity contribution in [1.82, 2.24) is 4.98 Å². The maximum atomic E-state index is 13.9. The summed E-state index contributed by atoms with van der Waals surface area (Å²) in [6.45, 7) is 1.97. The molecule has 0 aliphatic heterocycles. The van der Waals surface area contributed by atoms with Crippen LogP contribution in [0.4, 0.5) is 10.1 Å². The van der Waals surface area contributed by atoms with Gasteiger partial charge >= 0.3 is 0 Å². The molecule has 0 aliphatic rings. The standard InChI is InChI=1S/C19H13FN2O4/c1-12-2-4-13(5-3-12)19-21-14(11-26-19)6-9-18(23)16-8-7-15(22(24)25)10-17(16)20/h2-11H,1H3/b9-6+. The van der Waals surface area contributed by atoms with Crippen LogP contribution in [0.15, 0.2) is 59.2 Å². The number of carbonyl (C=O) groups is 1. The Kier molecular flexibility index (Phi) is 4.70. The highest BCUT2D eigenvalue weighted by Crippen LogP contribution is 2.20. The molecule has 2 aromatic carbocycles. The summed E-state index contributed by atoms with van der Waals surface area (Å²) in [5, 5.41) is 10.6. The molecule has 0 bridgehead atoms. The Hall–Kier alpha value is -3.61. The Morgan fingerprint density at radius 3 is 2.62 bits per heavy atom. The number of aromatic nitrogens is 1. The van der Waals surface area contributed by atoms with E-state index in [1.807, 2.05) is 31.2 Å². The van der Waals surface area contributed by atoms with E-state index in [9.17, 15) is 19.3 Å². The quantitative estimate of drug-likeness (QED) is 0.290. The first-order valence-electron chi connectivity index (χ1n) is 7.63. The van der Waals surface area contributed by atoms with Crippen molar-refractivity contribution in [2.45, 2.75) is 6.92 Å². The summed E-state index contributed by atoms with van der Waals surface area (Å²) in [6.07, 6.45) is 3.91. The largest absolute Gasteiger partial charge is 0.444 e. The number of benzene rings is 2. The molecule has 130 valence electrons. The number of nitrogens with zero attached hydrogens (tertiary/aromatic N) is 2. The van der Waals surface area contributed by atoms with Gasteiger partial charge in [0.2, 0.25) is 5.89 Å². The van der Waals surface area contributed by atoms with E-state index in [4.69, 9.17) is 4.42 Å². The van der Waals surface area contributed by atoms with E-state index in [0.717, 1.165) is 29.3 Å². The lowest BCUT2D eigenvalue weighted by Gasteiger charge is -1.98. The fraction of sp³-hybridized carbons (Fsp3) is 0.0526. The third-order valence-corrected chi connectivity index (χ3v) is 3.65. The third-order valence-electron chi connectivity index (χ3n) is 3.65. The zero-order valence-corrected chi connectivity index (χ0v) is 13.7. The lowest BCUT2D eigenvalue weighted by Crippen LogP contribution is -2.00. The van der Waals surface area contributed by atoms with Gasteiger partial charge in [-0.2, -0.15) is 0 Å². The molecule has 3 aromatic rings. The van der Waals surface area contributed by atoms with Crippen LogP contribution in [0.2, 0.25) is 0 Å². The van der Waals surface area contributed by atoms with Crippen LogP contribution < -0.4 is 0 Å². The van der Waals surface area contributed by atoms with Crippen molar-refractivity contribution in [3.05, 3.63) is 87.6 Å². The molecule has 0 aliphatic carbocycles. The molecule has 0 unspecified atom stereocenters. The molecule has 1 aromatic heterocycles. The van der Waals surface area contributed by atoms with Crippen LogP contribution in [-0.2, 0) is 0 Å². The monoisotopic (exact) mass is 352 g/mol. The van der Waals surface area contributed by atoms with Crippen molar-refractivity contribution in [2.75, 3.05) is 0 Å². The Morgan fingerprint density at radius 2 is 1.96 bits per heavy atom. The summed E-state index contributed by atoms with van der Waals surface area (Å²) >= 11 is 0. The number of halogens is 1. The summed E-state index contributed by atoms with van der Waals surface area (Å²) in [5.41, 5.74) is 1.63. The topological polar surface area (TPSA) is 86.2 Å². The molecule has 0 amide bonds. The molecule has 26 heavy (non-hydrogen) atoms. The van der Waals surface area contributed by atoms with Crippen LogP contribution in [0.25, 0.3) is 17.5 Å². The minimum absolute atomic E-state index is 0.255. The minimum Gasteiger partial charge on any atom is -0.444 e. The Bertz CT molecular complexity index is 1010. The van der Waals surface area contributed by atoms with Gasteiger partial charge in [0.1, 0.15) is 17.8 Å². The van der Waals surface area contributed by atoms with Gasteiger partial charge in [0.05, 0.1) is 16.6 Å². The van der Waals surface area contributed by atoms with Gasteiger partial charge in [-0.15, -0.1) is 0 Å². The van der Waals surface area contributed by atoms with Crippen LogP contribution in [0.1, 0.15) is 21.6 Å². The van der Waals surface area contributed by atoms with Crippen LogP contribution in [0, 0.1) is 22.9 Å². The van der Waals surface area contributed by atoms with Crippen molar-refractivity contribution >= 4 is 17.5 Å². The lowest BCUT2D eigenvalue weighted by molar-refractivity contribution is -0.385. The van der Waals surface area contributed by atoms with Gasteiger partial charge in [0.15, 0.2) is 5.78 Å². The van der Waals surface area contributed by atoms with Gasteiger partial charge in [0.25, 0.3) is 5.69 Å². The molecular formula is C19H13FN2O4. The number of allylic oxidation sites excluding steroid dienone is 1. The van der Waals surface area contributed by atoms with E-state index in [1.54, 1.807) is 0 Å². The molecule has 1 heterocycles. The predicted octanol–water partition coefficient (Wildman–Crippen LogP) is 4.59. The van der Waals surface area contributed by atoms with Crippen molar-refractivity contribution in [2.24, 2.45) is 0 Å². The summed E-state index contributed by atoms with van der Waals surface area (Å²) in [4.78, 5) is 26.2. The van der Waals surface area contributed by atoms with Crippen LogP contribution in [0.5, 0.6) is 0 Å². The second-order valence-corrected chi connectivity index (χ2v) is 5.56. The van der Waals surface area contributed by atoms with Crippen molar-refractivity contribution in [3.8, 4) is 11.5 Å². The predicted molar refractivity (Wildman–Crippen MR) is 93.1 cm³/mol. The number of oxazole rings is 1. The van der Waals surface area contributed by atoms with Gasteiger partial charge in [-0.3, -0.25) is 14.9 Å². The number of rotatable bonds is 5. The number of non-ortho nitro benzene ring substituents is 1. The van der Waals surface area contributed by atoms with Crippen molar-refractivity contribution in [3.63, 3.8) is 0 Å². The van der Waals surface area contributed by atoms with E-state index >= 15 is 0 Å². The molecule has 7 heteroatoms. The third kappa shape index (κ3) is 3.72. The number of carbonyl (C=O) groups excluding carboxylic acids is 1. The van der Waals surface area contributed by atoms with Crippen molar-refractivity contribution in [1.29, 1.82) is 0 Å². The first-order chi connectivity index (χ1) is 12.4. The number of nitro benzene ring substituents is 1. The Labute approximate surface area is 147 Å². The second-order valence-electron chi connectivity index (χ2n) is 5.56. The van der Waals surface area contributed by atoms with Gasteiger partial charge in [-0.05, 0) is 37.3 Å². The van der Waals surface area contributed by atoms with E-state index in [-0.39, 0.29) is 5.56 Å². The molecule has 6 nitrogen and oxygen atoms in total. The number of ketones is 1. The van der Waals surface area contributed by atoms with E-state index < -0.39 is 22.2 Å².